The van der Waals surface area contributed by atoms with Crippen LogP contribution in [0.5, 0.6) is 5.75 Å². The number of guanidine groups is 1. The highest BCUT2D eigenvalue weighted by Crippen LogP contribution is 2.15. The van der Waals surface area contributed by atoms with E-state index in [0.29, 0.717) is 6.61 Å². The molecule has 0 saturated heterocycles. The molecule has 0 aliphatic carbocycles. The highest BCUT2D eigenvalue weighted by atomic mass is 16.5. The third-order valence-corrected chi connectivity index (χ3v) is 4.34. The van der Waals surface area contributed by atoms with Crippen LogP contribution in [0.2, 0.25) is 0 Å². The van der Waals surface area contributed by atoms with E-state index in [1.807, 2.05) is 30.3 Å². The molecule has 5 heteroatoms. The van der Waals surface area contributed by atoms with Crippen LogP contribution in [0, 0.1) is 0 Å². The Morgan fingerprint density at radius 1 is 1.00 bits per heavy atom. The molecule has 0 amide bonds. The average molecular weight is 370 g/mol. The predicted molar refractivity (Wildman–Crippen MR) is 111 cm³/mol. The lowest BCUT2D eigenvalue weighted by Crippen LogP contribution is -2.39. The first kappa shape index (κ1) is 20.8. The van der Waals surface area contributed by atoms with Gasteiger partial charge in [0, 0.05) is 26.7 Å². The molecule has 0 aromatic heterocycles. The Balaban J connectivity index is 1.58. The Morgan fingerprint density at radius 2 is 1.70 bits per heavy atom. The molecular weight excluding hydrogens is 338 g/mol. The van der Waals surface area contributed by atoms with Crippen molar-refractivity contribution in [3.05, 3.63) is 65.7 Å². The van der Waals surface area contributed by atoms with Crippen LogP contribution in [0.15, 0.2) is 59.6 Å². The summed E-state index contributed by atoms with van der Waals surface area (Å²) in [7, 11) is 3.47. The molecule has 0 fully saturated rings. The predicted octanol–water partition coefficient (Wildman–Crippen LogP) is 3.57. The van der Waals surface area contributed by atoms with E-state index >= 15 is 0 Å². The first-order valence-corrected chi connectivity index (χ1v) is 9.47. The number of rotatable bonds is 10. The van der Waals surface area contributed by atoms with E-state index in [2.05, 4.69) is 46.8 Å². The zero-order valence-electron chi connectivity index (χ0n) is 16.6. The van der Waals surface area contributed by atoms with Crippen molar-refractivity contribution in [2.75, 3.05) is 33.9 Å². The molecule has 27 heavy (non-hydrogen) atoms. The van der Waals surface area contributed by atoms with Gasteiger partial charge in [-0.05, 0) is 43.0 Å². The molecule has 2 aromatic carbocycles. The van der Waals surface area contributed by atoms with Gasteiger partial charge in [-0.3, -0.25) is 4.99 Å². The highest BCUT2D eigenvalue weighted by Gasteiger charge is 2.04. The minimum atomic E-state index is 0.119. The van der Waals surface area contributed by atoms with E-state index in [9.17, 15) is 0 Å². The van der Waals surface area contributed by atoms with Crippen LogP contribution in [0.4, 0.5) is 0 Å². The van der Waals surface area contributed by atoms with Gasteiger partial charge < -0.3 is 20.1 Å². The summed E-state index contributed by atoms with van der Waals surface area (Å²) in [6, 6.07) is 18.4. The molecule has 0 radical (unpaired) electrons. The van der Waals surface area contributed by atoms with E-state index in [1.54, 1.807) is 14.2 Å². The molecule has 2 rings (SSSR count). The summed E-state index contributed by atoms with van der Waals surface area (Å²) in [4.78, 5) is 4.26. The number of hydrogen-bond donors (Lipinski definition) is 2. The number of ether oxygens (including phenoxy) is 2. The van der Waals surface area contributed by atoms with Crippen molar-refractivity contribution < 1.29 is 9.47 Å². The molecular formula is C22H31N3O2. The van der Waals surface area contributed by atoms with Gasteiger partial charge in [0.2, 0.25) is 0 Å². The van der Waals surface area contributed by atoms with Gasteiger partial charge in [-0.15, -0.1) is 0 Å². The van der Waals surface area contributed by atoms with Crippen molar-refractivity contribution in [2.45, 2.75) is 25.9 Å². The average Bonchev–Trinajstić information content (AvgIpc) is 2.73. The molecule has 1 unspecified atom stereocenters. The van der Waals surface area contributed by atoms with Gasteiger partial charge in [-0.25, -0.2) is 0 Å². The fraction of sp³-hybridized carbons (Fsp3) is 0.409. The quantitative estimate of drug-likeness (QED) is 0.382. The van der Waals surface area contributed by atoms with Gasteiger partial charge in [-0.2, -0.15) is 0 Å². The molecule has 2 N–H and O–H groups in total. The Hall–Kier alpha value is -2.53. The van der Waals surface area contributed by atoms with Crippen molar-refractivity contribution in [3.63, 3.8) is 0 Å². The van der Waals surface area contributed by atoms with Crippen molar-refractivity contribution in [1.82, 2.24) is 10.6 Å². The number of hydrogen-bond acceptors (Lipinski definition) is 3. The number of methoxy groups -OCH3 is 1. The summed E-state index contributed by atoms with van der Waals surface area (Å²) in [6.45, 7) is 4.45. The molecule has 5 nitrogen and oxygen atoms in total. The van der Waals surface area contributed by atoms with Gasteiger partial charge in [0.15, 0.2) is 5.96 Å². The lowest BCUT2D eigenvalue weighted by molar-refractivity contribution is 0.0646. The summed E-state index contributed by atoms with van der Waals surface area (Å²) in [6.07, 6.45) is 1.98. The van der Waals surface area contributed by atoms with Crippen molar-refractivity contribution in [2.24, 2.45) is 4.99 Å². The monoisotopic (exact) mass is 369 g/mol. The molecule has 0 aliphatic heterocycles. The minimum Gasteiger partial charge on any atom is -0.497 e. The Morgan fingerprint density at radius 3 is 2.37 bits per heavy atom. The van der Waals surface area contributed by atoms with E-state index in [4.69, 9.17) is 9.47 Å². The fourth-order valence-corrected chi connectivity index (χ4v) is 2.70. The van der Waals surface area contributed by atoms with Crippen LogP contribution >= 0.6 is 0 Å². The van der Waals surface area contributed by atoms with Gasteiger partial charge in [0.25, 0.3) is 0 Å². The number of nitrogens with one attached hydrogen (secondary N) is 2. The van der Waals surface area contributed by atoms with Crippen molar-refractivity contribution >= 4 is 5.96 Å². The maximum Gasteiger partial charge on any atom is 0.190 e. The van der Waals surface area contributed by atoms with E-state index in [1.165, 1.54) is 11.1 Å². The van der Waals surface area contributed by atoms with Crippen LogP contribution in [0.1, 0.15) is 30.6 Å². The molecule has 2 aromatic rings. The van der Waals surface area contributed by atoms with E-state index < -0.39 is 0 Å². The van der Waals surface area contributed by atoms with Crippen LogP contribution in [-0.2, 0) is 11.2 Å². The first-order chi connectivity index (χ1) is 13.2. The number of aliphatic imine (C=N–C) groups is 1. The van der Waals surface area contributed by atoms with Crippen LogP contribution in [0.3, 0.4) is 0 Å². The zero-order valence-corrected chi connectivity index (χ0v) is 16.6. The largest absolute Gasteiger partial charge is 0.497 e. The minimum absolute atomic E-state index is 0.119. The maximum absolute atomic E-state index is 5.89. The molecule has 146 valence electrons. The Bertz CT molecular complexity index is 672. The lowest BCUT2D eigenvalue weighted by Gasteiger charge is -2.15. The molecule has 0 saturated carbocycles. The topological polar surface area (TPSA) is 54.9 Å². The first-order valence-electron chi connectivity index (χ1n) is 9.47. The number of nitrogens with zero attached hydrogens (tertiary/aromatic N) is 1. The van der Waals surface area contributed by atoms with Crippen LogP contribution in [0.25, 0.3) is 0 Å². The highest BCUT2D eigenvalue weighted by molar-refractivity contribution is 5.79. The summed E-state index contributed by atoms with van der Waals surface area (Å²) in [5.41, 5.74) is 2.48. The van der Waals surface area contributed by atoms with Crippen LogP contribution in [-0.4, -0.2) is 39.8 Å². The van der Waals surface area contributed by atoms with Gasteiger partial charge in [0.1, 0.15) is 5.75 Å². The molecule has 0 spiro atoms. The zero-order chi connectivity index (χ0) is 19.3. The van der Waals surface area contributed by atoms with E-state index in [0.717, 1.165) is 37.6 Å². The second-order valence-electron chi connectivity index (χ2n) is 6.30. The molecule has 0 heterocycles. The fourth-order valence-electron chi connectivity index (χ4n) is 2.70. The van der Waals surface area contributed by atoms with E-state index in [-0.39, 0.29) is 6.10 Å². The second-order valence-corrected chi connectivity index (χ2v) is 6.30. The summed E-state index contributed by atoms with van der Waals surface area (Å²) in [5, 5.41) is 6.67. The van der Waals surface area contributed by atoms with Crippen molar-refractivity contribution in [3.8, 4) is 5.75 Å². The van der Waals surface area contributed by atoms with Gasteiger partial charge in [-0.1, -0.05) is 42.5 Å². The third-order valence-electron chi connectivity index (χ3n) is 4.34. The van der Waals surface area contributed by atoms with Gasteiger partial charge in [0.05, 0.1) is 13.2 Å². The molecule has 1 atom stereocenters. The second kappa shape index (κ2) is 12.0. The maximum atomic E-state index is 5.89. The number of benzene rings is 2. The molecule has 0 bridgehead atoms. The van der Waals surface area contributed by atoms with Gasteiger partial charge >= 0.3 is 0 Å². The smallest absolute Gasteiger partial charge is 0.190 e. The Labute approximate surface area is 162 Å². The summed E-state index contributed by atoms with van der Waals surface area (Å²) in [5.74, 6) is 1.70. The molecule has 0 aliphatic rings. The van der Waals surface area contributed by atoms with Crippen molar-refractivity contribution in [1.29, 1.82) is 0 Å². The van der Waals surface area contributed by atoms with Crippen LogP contribution < -0.4 is 15.4 Å². The Kier molecular flexibility index (Phi) is 9.21. The normalized spacial score (nSPS) is 12.5. The lowest BCUT2D eigenvalue weighted by atomic mass is 10.1. The standard InChI is InChI=1S/C22H31N3O2/c1-18(20-8-5-4-6-9-20)27-17-7-15-24-22(23-2)25-16-14-19-10-12-21(26-3)13-11-19/h4-6,8-13,18H,7,14-17H2,1-3H3,(H2,23,24,25). The summed E-state index contributed by atoms with van der Waals surface area (Å²) >= 11 is 0. The third kappa shape index (κ3) is 7.71. The summed E-state index contributed by atoms with van der Waals surface area (Å²) < 4.78 is 11.1. The SMILES string of the molecule is CN=C(NCCCOC(C)c1ccccc1)NCCc1ccc(OC)cc1.